The second kappa shape index (κ2) is 2.42. The van der Waals surface area contributed by atoms with Crippen LogP contribution in [0.2, 0.25) is 0 Å². The fourth-order valence-electron chi connectivity index (χ4n) is 0.639. The first kappa shape index (κ1) is 7.28. The summed E-state index contributed by atoms with van der Waals surface area (Å²) in [4.78, 5) is 10.3. The van der Waals surface area contributed by atoms with Gasteiger partial charge in [-0.25, -0.2) is 4.79 Å². The molecule has 0 aliphatic carbocycles. The summed E-state index contributed by atoms with van der Waals surface area (Å²) in [6.45, 7) is 1.47. The molecule has 1 N–H and O–H groups in total. The van der Waals surface area contributed by atoms with Crippen LogP contribution >= 0.6 is 0 Å². The van der Waals surface area contributed by atoms with Gasteiger partial charge in [-0.3, -0.25) is 0 Å². The molecular weight excluding hydrogens is 148 g/mol. The summed E-state index contributed by atoms with van der Waals surface area (Å²) in [6, 6.07) is 1.68. The topological polar surface area (TPSA) is 87.1 Å². The van der Waals surface area contributed by atoms with E-state index >= 15 is 0 Å². The van der Waals surface area contributed by atoms with Crippen LogP contribution < -0.4 is 0 Å². The molecule has 0 unspecified atom stereocenters. The molecule has 5 heteroatoms. The third-order valence-corrected chi connectivity index (χ3v) is 1.23. The summed E-state index contributed by atoms with van der Waals surface area (Å²) < 4.78 is 4.41. The lowest BCUT2D eigenvalue weighted by atomic mass is 10.2. The molecule has 0 aliphatic heterocycles. The minimum atomic E-state index is -1.19. The van der Waals surface area contributed by atoms with Crippen molar-refractivity contribution in [2.75, 3.05) is 0 Å². The van der Waals surface area contributed by atoms with Crippen molar-refractivity contribution in [3.05, 3.63) is 17.0 Å². The van der Waals surface area contributed by atoms with Crippen molar-refractivity contribution < 1.29 is 14.4 Å². The highest BCUT2D eigenvalue weighted by atomic mass is 16.5. The highest BCUT2D eigenvalue weighted by molar-refractivity contribution is 5.87. The molecule has 0 aromatic carbocycles. The molecule has 0 aliphatic rings. The molecular formula is C6H4N2O3. The van der Waals surface area contributed by atoms with Crippen molar-refractivity contribution >= 4 is 5.97 Å². The molecule has 0 radical (unpaired) electrons. The SMILES string of the molecule is Cc1c(C(=O)O)noc1C#N. The molecule has 0 atom stereocenters. The lowest BCUT2D eigenvalue weighted by molar-refractivity contribution is 0.0685. The van der Waals surface area contributed by atoms with Gasteiger partial charge in [0.2, 0.25) is 5.76 Å². The summed E-state index contributed by atoms with van der Waals surface area (Å²) >= 11 is 0. The first-order valence-corrected chi connectivity index (χ1v) is 2.76. The van der Waals surface area contributed by atoms with Crippen molar-refractivity contribution in [1.82, 2.24) is 5.16 Å². The predicted molar refractivity (Wildman–Crippen MR) is 32.9 cm³/mol. The summed E-state index contributed by atoms with van der Waals surface area (Å²) in [5.41, 5.74) is 0.0570. The smallest absolute Gasteiger partial charge is 0.358 e. The Labute approximate surface area is 61.8 Å². The highest BCUT2D eigenvalue weighted by Gasteiger charge is 2.16. The Bertz CT molecular complexity index is 334. The second-order valence-corrected chi connectivity index (χ2v) is 1.90. The van der Waals surface area contributed by atoms with E-state index in [1.54, 1.807) is 6.07 Å². The minimum Gasteiger partial charge on any atom is -0.476 e. The second-order valence-electron chi connectivity index (χ2n) is 1.90. The Morgan fingerprint density at radius 2 is 2.45 bits per heavy atom. The van der Waals surface area contributed by atoms with Crippen molar-refractivity contribution in [3.63, 3.8) is 0 Å². The van der Waals surface area contributed by atoms with Crippen LogP contribution in [0.4, 0.5) is 0 Å². The van der Waals surface area contributed by atoms with Gasteiger partial charge in [-0.05, 0) is 6.92 Å². The Balaban J connectivity index is 3.24. The average molecular weight is 152 g/mol. The maximum absolute atomic E-state index is 10.3. The van der Waals surface area contributed by atoms with Crippen LogP contribution in [0.3, 0.4) is 0 Å². The molecule has 0 bridgehead atoms. The van der Waals surface area contributed by atoms with Crippen LogP contribution in [0.5, 0.6) is 0 Å². The van der Waals surface area contributed by atoms with Crippen LogP contribution in [0.1, 0.15) is 21.8 Å². The van der Waals surface area contributed by atoms with Gasteiger partial charge in [-0.1, -0.05) is 5.16 Å². The first-order chi connectivity index (χ1) is 5.16. The van der Waals surface area contributed by atoms with Crippen molar-refractivity contribution in [2.24, 2.45) is 0 Å². The fraction of sp³-hybridized carbons (Fsp3) is 0.167. The number of nitriles is 1. The van der Waals surface area contributed by atoms with E-state index in [9.17, 15) is 4.79 Å². The van der Waals surface area contributed by atoms with Gasteiger partial charge >= 0.3 is 5.97 Å². The van der Waals surface area contributed by atoms with E-state index in [-0.39, 0.29) is 17.0 Å². The molecule has 56 valence electrons. The summed E-state index contributed by atoms with van der Waals surface area (Å²) in [7, 11) is 0. The predicted octanol–water partition coefficient (Wildman–Crippen LogP) is 0.553. The number of rotatable bonds is 1. The number of hydrogen-bond acceptors (Lipinski definition) is 4. The molecule has 5 nitrogen and oxygen atoms in total. The summed E-state index contributed by atoms with van der Waals surface area (Å²) in [5.74, 6) is -1.24. The molecule has 0 saturated heterocycles. The van der Waals surface area contributed by atoms with Crippen molar-refractivity contribution in [1.29, 1.82) is 5.26 Å². The van der Waals surface area contributed by atoms with E-state index in [1.165, 1.54) is 6.92 Å². The third kappa shape index (κ3) is 1.05. The van der Waals surface area contributed by atoms with Gasteiger partial charge in [0, 0.05) is 5.56 Å². The Kier molecular flexibility index (Phi) is 1.60. The molecule has 11 heavy (non-hydrogen) atoms. The zero-order chi connectivity index (χ0) is 8.43. The van der Waals surface area contributed by atoms with Crippen molar-refractivity contribution in [3.8, 4) is 6.07 Å². The largest absolute Gasteiger partial charge is 0.476 e. The van der Waals surface area contributed by atoms with E-state index in [0.717, 1.165) is 0 Å². The molecule has 1 rings (SSSR count). The lowest BCUT2D eigenvalue weighted by Gasteiger charge is -1.83. The van der Waals surface area contributed by atoms with Gasteiger partial charge in [0.25, 0.3) is 0 Å². The van der Waals surface area contributed by atoms with Crippen LogP contribution in [0.25, 0.3) is 0 Å². The zero-order valence-corrected chi connectivity index (χ0v) is 5.66. The van der Waals surface area contributed by atoms with Crippen LogP contribution in [-0.4, -0.2) is 16.2 Å². The maximum atomic E-state index is 10.3. The van der Waals surface area contributed by atoms with Gasteiger partial charge in [-0.15, -0.1) is 0 Å². The standard InChI is InChI=1S/C6H4N2O3/c1-3-4(2-7)11-8-5(3)6(9)10/h1H3,(H,9,10). The number of carbonyl (C=O) groups is 1. The molecule has 0 fully saturated rings. The first-order valence-electron chi connectivity index (χ1n) is 2.76. The molecule has 0 amide bonds. The lowest BCUT2D eigenvalue weighted by Crippen LogP contribution is -1.98. The highest BCUT2D eigenvalue weighted by Crippen LogP contribution is 2.10. The van der Waals surface area contributed by atoms with Crippen LogP contribution in [0, 0.1) is 18.3 Å². The molecule has 1 aromatic rings. The maximum Gasteiger partial charge on any atom is 0.358 e. The average Bonchev–Trinajstić information content (AvgIpc) is 2.30. The number of nitrogens with zero attached hydrogens (tertiary/aromatic N) is 2. The summed E-state index contributed by atoms with van der Waals surface area (Å²) in [5, 5.41) is 20.0. The molecule has 1 aromatic heterocycles. The van der Waals surface area contributed by atoms with E-state index < -0.39 is 5.97 Å². The van der Waals surface area contributed by atoms with E-state index in [1.807, 2.05) is 0 Å². The number of carboxylic acids is 1. The Morgan fingerprint density at radius 1 is 1.82 bits per heavy atom. The van der Waals surface area contributed by atoms with Gasteiger partial charge in [-0.2, -0.15) is 5.26 Å². The number of carboxylic acid groups (broad SMARTS) is 1. The number of aromatic carboxylic acids is 1. The molecule has 0 saturated carbocycles. The van der Waals surface area contributed by atoms with Crippen molar-refractivity contribution in [2.45, 2.75) is 6.92 Å². The number of aromatic nitrogens is 1. The van der Waals surface area contributed by atoms with E-state index in [2.05, 4.69) is 9.68 Å². The van der Waals surface area contributed by atoms with Gasteiger partial charge in [0.1, 0.15) is 6.07 Å². The van der Waals surface area contributed by atoms with Gasteiger partial charge in [0.15, 0.2) is 5.69 Å². The van der Waals surface area contributed by atoms with Gasteiger partial charge < -0.3 is 9.63 Å². The monoisotopic (exact) mass is 152 g/mol. The van der Waals surface area contributed by atoms with Gasteiger partial charge in [0.05, 0.1) is 0 Å². The van der Waals surface area contributed by atoms with Crippen LogP contribution in [0.15, 0.2) is 4.52 Å². The summed E-state index contributed by atoms with van der Waals surface area (Å²) in [6.07, 6.45) is 0. The van der Waals surface area contributed by atoms with E-state index in [0.29, 0.717) is 0 Å². The zero-order valence-electron chi connectivity index (χ0n) is 5.66. The molecule has 0 spiro atoms. The molecule has 1 heterocycles. The van der Waals surface area contributed by atoms with E-state index in [4.69, 9.17) is 10.4 Å². The number of hydrogen-bond donors (Lipinski definition) is 1. The van der Waals surface area contributed by atoms with Crippen LogP contribution in [-0.2, 0) is 0 Å². The quantitative estimate of drug-likeness (QED) is 0.634. The normalized spacial score (nSPS) is 9.09. The third-order valence-electron chi connectivity index (χ3n) is 1.23. The Morgan fingerprint density at radius 3 is 2.73 bits per heavy atom. The fourth-order valence-corrected chi connectivity index (χ4v) is 0.639. The minimum absolute atomic E-state index is 0.0533. The Hall–Kier alpha value is -1.83.